The second kappa shape index (κ2) is 8.42. The first-order valence-electron chi connectivity index (χ1n) is 10.0. The van der Waals surface area contributed by atoms with Gasteiger partial charge in [0.1, 0.15) is 5.69 Å². The summed E-state index contributed by atoms with van der Waals surface area (Å²) in [5.41, 5.74) is 2.65. The van der Waals surface area contributed by atoms with Crippen molar-refractivity contribution < 1.29 is 14.4 Å². The Kier molecular flexibility index (Phi) is 5.15. The molecule has 0 fully saturated rings. The van der Waals surface area contributed by atoms with Crippen LogP contribution in [0.25, 0.3) is 0 Å². The first-order chi connectivity index (χ1) is 16.1. The van der Waals surface area contributed by atoms with Crippen molar-refractivity contribution in [1.29, 1.82) is 0 Å². The number of carbonyl (C=O) groups excluding carboxylic acids is 2. The van der Waals surface area contributed by atoms with E-state index in [0.717, 1.165) is 10.5 Å². The van der Waals surface area contributed by atoms with Gasteiger partial charge in [-0.05, 0) is 34.7 Å². The zero-order chi connectivity index (χ0) is 22.8. The number of tetrazole rings is 1. The van der Waals surface area contributed by atoms with Crippen LogP contribution in [0.5, 0.6) is 0 Å². The molecule has 10 heteroatoms. The van der Waals surface area contributed by atoms with E-state index in [1.807, 2.05) is 30.3 Å². The number of aryl methyl sites for hydroxylation is 1. The summed E-state index contributed by atoms with van der Waals surface area (Å²) in [6, 6.07) is 19.4. The van der Waals surface area contributed by atoms with Gasteiger partial charge in [0.05, 0.1) is 16.8 Å². The van der Waals surface area contributed by atoms with E-state index < -0.39 is 11.8 Å². The quantitative estimate of drug-likeness (QED) is 0.257. The van der Waals surface area contributed by atoms with Gasteiger partial charge in [0.2, 0.25) is 5.82 Å². The molecule has 2 aromatic carbocycles. The highest BCUT2D eigenvalue weighted by atomic mass is 16.6. The molecule has 4 aromatic rings. The summed E-state index contributed by atoms with van der Waals surface area (Å²) in [5, 5.41) is 15.8. The van der Waals surface area contributed by atoms with E-state index in [1.54, 1.807) is 49.6 Å². The predicted molar refractivity (Wildman–Crippen MR) is 117 cm³/mol. The van der Waals surface area contributed by atoms with Gasteiger partial charge in [-0.3, -0.25) is 14.6 Å². The minimum Gasteiger partial charge on any atom is -0.389 e. The Balaban J connectivity index is 1.45. The van der Waals surface area contributed by atoms with Gasteiger partial charge < -0.3 is 4.84 Å². The first-order valence-corrected chi connectivity index (χ1v) is 10.0. The number of benzene rings is 2. The maximum atomic E-state index is 12.9. The maximum Gasteiger partial charge on any atom is 0.266 e. The Bertz CT molecular complexity index is 1350. The molecule has 33 heavy (non-hydrogen) atoms. The van der Waals surface area contributed by atoms with E-state index in [1.165, 1.54) is 4.68 Å². The van der Waals surface area contributed by atoms with Crippen molar-refractivity contribution >= 4 is 23.2 Å². The normalized spacial score (nSPS) is 13.4. The molecule has 0 saturated carbocycles. The lowest BCUT2D eigenvalue weighted by molar-refractivity contribution is 0.0923. The Labute approximate surface area is 188 Å². The number of carbonyl (C=O) groups is 2. The summed E-state index contributed by atoms with van der Waals surface area (Å²) in [6.45, 7) is -0.0782. The molecule has 0 spiro atoms. The molecule has 162 valence electrons. The molecule has 3 heterocycles. The number of nitrogens with zero attached hydrogens (tertiary/aromatic N) is 7. The molecule has 10 nitrogen and oxygen atoms in total. The smallest absolute Gasteiger partial charge is 0.266 e. The fourth-order valence-electron chi connectivity index (χ4n) is 3.56. The molecule has 0 atom stereocenters. The van der Waals surface area contributed by atoms with Crippen molar-refractivity contribution in [2.24, 2.45) is 12.2 Å². The minimum atomic E-state index is -0.400. The number of imide groups is 1. The fourth-order valence-corrected chi connectivity index (χ4v) is 3.56. The van der Waals surface area contributed by atoms with E-state index in [4.69, 9.17) is 4.84 Å². The molecule has 0 N–H and O–H groups in total. The van der Waals surface area contributed by atoms with E-state index in [2.05, 4.69) is 25.7 Å². The lowest BCUT2D eigenvalue weighted by Gasteiger charge is -2.16. The number of aromatic nitrogens is 5. The third-order valence-electron chi connectivity index (χ3n) is 5.14. The fraction of sp³-hybridized carbons (Fsp3) is 0.0870. The number of fused-ring (bicyclic) bond motifs is 1. The molecular formula is C23H17N7O3. The number of pyridine rings is 1. The second-order valence-electron chi connectivity index (χ2n) is 7.17. The number of hydrogen-bond donors (Lipinski definition) is 0. The van der Waals surface area contributed by atoms with Crippen molar-refractivity contribution in [3.05, 3.63) is 101 Å². The molecule has 0 aliphatic carbocycles. The highest BCUT2D eigenvalue weighted by Crippen LogP contribution is 2.30. The number of anilines is 1. The van der Waals surface area contributed by atoms with Crippen LogP contribution in [-0.2, 0) is 18.5 Å². The van der Waals surface area contributed by atoms with Crippen molar-refractivity contribution in [1.82, 2.24) is 25.2 Å². The monoisotopic (exact) mass is 439 g/mol. The molecule has 0 saturated heterocycles. The molecule has 1 aliphatic rings. The summed E-state index contributed by atoms with van der Waals surface area (Å²) in [6.07, 6.45) is 1.56. The minimum absolute atomic E-state index is 0.0782. The summed E-state index contributed by atoms with van der Waals surface area (Å²) in [5.74, 6) is -0.380. The average molecular weight is 439 g/mol. The third-order valence-corrected chi connectivity index (χ3v) is 5.14. The Morgan fingerprint density at radius 1 is 0.939 bits per heavy atom. The van der Waals surface area contributed by atoms with Crippen LogP contribution in [0.2, 0.25) is 0 Å². The topological polar surface area (TPSA) is 115 Å². The lowest BCUT2D eigenvalue weighted by Crippen LogP contribution is -2.30. The molecule has 0 bridgehead atoms. The van der Waals surface area contributed by atoms with E-state index in [0.29, 0.717) is 34.0 Å². The Hall–Kier alpha value is -4.73. The van der Waals surface area contributed by atoms with Gasteiger partial charge in [-0.1, -0.05) is 47.6 Å². The zero-order valence-corrected chi connectivity index (χ0v) is 17.5. The van der Waals surface area contributed by atoms with Gasteiger partial charge in [0.25, 0.3) is 11.8 Å². The van der Waals surface area contributed by atoms with Crippen LogP contribution in [-0.4, -0.2) is 42.7 Å². The molecule has 2 aromatic heterocycles. The van der Waals surface area contributed by atoms with E-state index in [9.17, 15) is 9.59 Å². The van der Waals surface area contributed by atoms with Crippen LogP contribution in [0.4, 0.5) is 5.69 Å². The van der Waals surface area contributed by atoms with Gasteiger partial charge in [0.15, 0.2) is 12.3 Å². The first kappa shape index (κ1) is 20.2. The molecule has 0 radical (unpaired) electrons. The van der Waals surface area contributed by atoms with Crippen LogP contribution in [0.15, 0.2) is 78.1 Å². The number of rotatable bonds is 6. The predicted octanol–water partition coefficient (Wildman–Crippen LogP) is 2.37. The van der Waals surface area contributed by atoms with Crippen molar-refractivity contribution in [3.8, 4) is 0 Å². The van der Waals surface area contributed by atoms with Crippen molar-refractivity contribution in [2.75, 3.05) is 4.90 Å². The van der Waals surface area contributed by atoms with Gasteiger partial charge in [-0.15, -0.1) is 5.10 Å². The van der Waals surface area contributed by atoms with Gasteiger partial charge in [0, 0.05) is 18.8 Å². The van der Waals surface area contributed by atoms with Crippen molar-refractivity contribution in [3.63, 3.8) is 0 Å². The molecular weight excluding hydrogens is 422 g/mol. The van der Waals surface area contributed by atoms with Crippen LogP contribution in [0.3, 0.4) is 0 Å². The van der Waals surface area contributed by atoms with Crippen LogP contribution in [0.1, 0.15) is 37.8 Å². The number of oxime groups is 1. The number of hydrogen-bond acceptors (Lipinski definition) is 8. The number of amides is 2. The van der Waals surface area contributed by atoms with Crippen LogP contribution in [0, 0.1) is 0 Å². The molecule has 1 aliphatic heterocycles. The SMILES string of the molecule is Cn1nnnc1C(=NOCc1ncccc1N1C(=O)c2ccccc2C1=O)c1ccccc1. The standard InChI is InChI=1S/C23H17N7O3/c1-29-21(25-27-28-29)20(15-8-3-2-4-9-15)26-33-14-18-19(12-7-13-24-18)30-22(31)16-10-5-6-11-17(16)23(30)32/h2-13H,14H2,1H3. The van der Waals surface area contributed by atoms with Gasteiger partial charge in [-0.25, -0.2) is 9.58 Å². The summed E-state index contributed by atoms with van der Waals surface area (Å²) >= 11 is 0. The van der Waals surface area contributed by atoms with E-state index in [-0.39, 0.29) is 6.61 Å². The zero-order valence-electron chi connectivity index (χ0n) is 17.5. The van der Waals surface area contributed by atoms with Gasteiger partial charge in [-0.2, -0.15) is 0 Å². The van der Waals surface area contributed by atoms with Gasteiger partial charge >= 0.3 is 0 Å². The average Bonchev–Trinajstić information content (AvgIpc) is 3.38. The lowest BCUT2D eigenvalue weighted by atomic mass is 10.1. The highest BCUT2D eigenvalue weighted by Gasteiger charge is 2.37. The maximum absolute atomic E-state index is 12.9. The molecule has 2 amide bonds. The molecule has 5 rings (SSSR count). The van der Waals surface area contributed by atoms with E-state index >= 15 is 0 Å². The summed E-state index contributed by atoms with van der Waals surface area (Å²) in [4.78, 5) is 36.9. The summed E-state index contributed by atoms with van der Waals surface area (Å²) < 4.78 is 1.49. The highest BCUT2D eigenvalue weighted by molar-refractivity contribution is 6.34. The van der Waals surface area contributed by atoms with Crippen LogP contribution < -0.4 is 4.90 Å². The second-order valence-corrected chi connectivity index (χ2v) is 7.17. The van der Waals surface area contributed by atoms with Crippen molar-refractivity contribution in [2.45, 2.75) is 6.61 Å². The third kappa shape index (κ3) is 3.63. The Morgan fingerprint density at radius 3 is 2.30 bits per heavy atom. The van der Waals surface area contributed by atoms with Crippen LogP contribution >= 0.6 is 0 Å². The largest absolute Gasteiger partial charge is 0.389 e. The molecule has 0 unspecified atom stereocenters. The summed E-state index contributed by atoms with van der Waals surface area (Å²) in [7, 11) is 1.70. The Morgan fingerprint density at radius 2 is 1.64 bits per heavy atom.